The molecule has 0 radical (unpaired) electrons. The molecule has 0 bridgehead atoms. The van der Waals surface area contributed by atoms with Gasteiger partial charge in [0, 0.05) is 0 Å². The van der Waals surface area contributed by atoms with Crippen LogP contribution >= 0.6 is 21.2 Å². The summed E-state index contributed by atoms with van der Waals surface area (Å²) >= 11 is 6.93. The molecule has 0 aromatic heterocycles. The van der Waals surface area contributed by atoms with Crippen LogP contribution in [0.4, 0.5) is 0 Å². The van der Waals surface area contributed by atoms with Gasteiger partial charge in [-0.25, -0.2) is 0 Å². The molecule has 0 amide bonds. The van der Waals surface area contributed by atoms with Crippen molar-refractivity contribution in [3.8, 4) is 0 Å². The summed E-state index contributed by atoms with van der Waals surface area (Å²) < 4.78 is 0. The summed E-state index contributed by atoms with van der Waals surface area (Å²) in [6.45, 7) is 1.97. The number of halogens is 1. The van der Waals surface area contributed by atoms with Crippen molar-refractivity contribution in [2.24, 2.45) is 0 Å². The molecule has 0 atom stereocenters. The van der Waals surface area contributed by atoms with Crippen molar-refractivity contribution >= 4 is 44.6 Å². The Balaban J connectivity index is 3.62. The van der Waals surface area contributed by atoms with E-state index in [1.807, 2.05) is 13.0 Å². The minimum absolute atomic E-state index is 0.106. The molecule has 0 aromatic rings. The van der Waals surface area contributed by atoms with Gasteiger partial charge in [0.25, 0.3) is 0 Å². The topological polar surface area (TPSA) is 0 Å². The zero-order valence-electron chi connectivity index (χ0n) is 2.77. The predicted octanol–water partition coefficient (Wildman–Crippen LogP) is 1.08. The van der Waals surface area contributed by atoms with Crippen LogP contribution in [0.25, 0.3) is 0 Å². The molecule has 0 spiro atoms. The summed E-state index contributed by atoms with van der Waals surface area (Å²) in [6.07, 6.45) is 2.00. The first-order valence-electron chi connectivity index (χ1n) is 1.13. The summed E-state index contributed by atoms with van der Waals surface area (Å²) in [5.74, 6) is 0. The van der Waals surface area contributed by atoms with Gasteiger partial charge in [-0.05, 0) is 0 Å². The van der Waals surface area contributed by atoms with E-state index in [1.165, 1.54) is 0 Å². The van der Waals surface area contributed by atoms with Crippen molar-refractivity contribution in [2.45, 2.75) is 6.82 Å². The third-order valence-electron chi connectivity index (χ3n) is 0.185. The second-order valence-electron chi connectivity index (χ2n) is 0.484. The van der Waals surface area contributed by atoms with Gasteiger partial charge in [0.2, 0.25) is 0 Å². The number of rotatable bonds is 0. The van der Waals surface area contributed by atoms with Crippen LogP contribution in [0.5, 0.6) is 0 Å². The molecule has 0 nitrogen and oxygen atoms in total. The Bertz CT molecular complexity index is 81.6. The van der Waals surface area contributed by atoms with Crippen LogP contribution in [0.15, 0.2) is 0 Å². The maximum absolute atomic E-state index is 4.74. The van der Waals surface area contributed by atoms with Gasteiger partial charge in [-0.15, -0.1) is 0 Å². The minimum atomic E-state index is 0.106. The normalized spacial score (nSPS) is 14.0. The summed E-state index contributed by atoms with van der Waals surface area (Å²) in [4.78, 5) is 0. The second kappa shape index (κ2) is 3.55. The maximum atomic E-state index is 4.74. The van der Waals surface area contributed by atoms with Gasteiger partial charge < -0.3 is 0 Å². The Kier molecular flexibility index (Phi) is 4.52. The quantitative estimate of drug-likeness (QED) is 0.253. The average molecular weight is 217 g/mol. The molecule has 0 aliphatic rings. The Hall–Kier alpha value is 1.36. The number of hydrogen-bond donors (Lipinski definition) is 0. The average Bonchev–Trinajstić information content (AvgIpc) is 1.38. The molecule has 0 fully saturated rings. The van der Waals surface area contributed by atoms with E-state index in [-0.39, 0.29) is 6.05 Å². The molecule has 0 aliphatic heterocycles. The third kappa shape index (κ3) is 5.36. The Labute approximate surface area is 51.2 Å². The van der Waals surface area contributed by atoms with Crippen molar-refractivity contribution in [3.63, 3.8) is 0 Å². The first kappa shape index (κ1) is 6.36. The van der Waals surface area contributed by atoms with Gasteiger partial charge in [-0.1, -0.05) is 0 Å². The van der Waals surface area contributed by atoms with Crippen LogP contribution in [0.3, 0.4) is 0 Å². The molecule has 0 saturated heterocycles. The molecule has 0 saturated carbocycles. The van der Waals surface area contributed by atoms with Gasteiger partial charge >= 0.3 is 51.4 Å². The van der Waals surface area contributed by atoms with E-state index in [9.17, 15) is 0 Å². The number of hydrogen-bond acceptors (Lipinski definition) is 2. The third-order valence-corrected chi connectivity index (χ3v) is 2.66. The van der Waals surface area contributed by atoms with E-state index in [2.05, 4.69) is 21.2 Å². The van der Waals surface area contributed by atoms with Crippen LogP contribution in [-0.2, 0) is 17.2 Å². The zero-order chi connectivity index (χ0) is 4.28. The van der Waals surface area contributed by atoms with Crippen molar-refractivity contribution < 1.29 is 0 Å². The van der Waals surface area contributed by atoms with Gasteiger partial charge in [0.05, 0.1) is 0 Å². The van der Waals surface area contributed by atoms with E-state index >= 15 is 0 Å². The van der Waals surface area contributed by atoms with Crippen molar-refractivity contribution in [3.05, 3.63) is 0 Å². The van der Waals surface area contributed by atoms with Crippen molar-refractivity contribution in [1.82, 2.24) is 0 Å². The van der Waals surface area contributed by atoms with E-state index in [0.29, 0.717) is 0 Å². The molecule has 0 rings (SSSR count). The standard InChI is InChI=1S/CH3BIS2/c1-2-5(3)4/h1H3/q-1. The molecule has 0 aromatic carbocycles. The molecular formula is CH3BIS2-. The fraction of sp³-hybridized carbons (Fsp3) is 1.00. The fourth-order valence-electron chi connectivity index (χ4n) is 0. The van der Waals surface area contributed by atoms with Crippen LogP contribution in [-0.4, -0.2) is 6.15 Å². The van der Waals surface area contributed by atoms with Crippen molar-refractivity contribution in [1.29, 1.82) is 0 Å². The summed E-state index contributed by atoms with van der Waals surface area (Å²) in [5.41, 5.74) is 0. The van der Waals surface area contributed by atoms with E-state index in [1.54, 1.807) is 0 Å². The van der Waals surface area contributed by atoms with Gasteiger partial charge in [-0.3, -0.25) is 0 Å². The van der Waals surface area contributed by atoms with Crippen LogP contribution in [0.1, 0.15) is 0 Å². The molecule has 4 heteroatoms. The molecule has 0 unspecified atom stereocenters. The van der Waals surface area contributed by atoms with E-state index < -0.39 is 0 Å². The first-order valence-corrected chi connectivity index (χ1v) is 5.89. The van der Waals surface area contributed by atoms with Crippen molar-refractivity contribution in [2.75, 3.05) is 0 Å². The molecule has 5 heavy (non-hydrogen) atoms. The second-order valence-corrected chi connectivity index (χ2v) is 7.17. The Morgan fingerprint density at radius 2 is 2.20 bits per heavy atom. The fourth-order valence-corrected chi connectivity index (χ4v) is 0. The summed E-state index contributed by atoms with van der Waals surface area (Å²) in [6, 6.07) is 0.106. The monoisotopic (exact) mass is 217 g/mol. The molecule has 30 valence electrons. The predicted molar refractivity (Wildman–Crippen MR) is 40.4 cm³/mol. The van der Waals surface area contributed by atoms with Crippen LogP contribution in [0.2, 0.25) is 6.82 Å². The summed E-state index contributed by atoms with van der Waals surface area (Å²) in [5, 5.41) is 0. The van der Waals surface area contributed by atoms with E-state index in [4.69, 9.17) is 11.2 Å². The Morgan fingerprint density at radius 1 is 2.00 bits per heavy atom. The summed E-state index contributed by atoms with van der Waals surface area (Å²) in [7, 11) is 0. The Morgan fingerprint density at radius 3 is 2.20 bits per heavy atom. The van der Waals surface area contributed by atoms with Crippen LogP contribution in [0, 0.1) is 0 Å². The molecule has 0 N–H and O–H groups in total. The molecule has 0 heterocycles. The van der Waals surface area contributed by atoms with Crippen LogP contribution < -0.4 is 0 Å². The SMILES string of the molecule is CB=[S-](=S)I. The van der Waals surface area contributed by atoms with E-state index in [0.717, 1.165) is 0 Å². The van der Waals surface area contributed by atoms with Gasteiger partial charge in [-0.2, -0.15) is 0 Å². The van der Waals surface area contributed by atoms with Gasteiger partial charge in [0.1, 0.15) is 0 Å². The first-order chi connectivity index (χ1) is 2.27. The zero-order valence-corrected chi connectivity index (χ0v) is 6.56. The molecule has 0 aliphatic carbocycles. The molecular weight excluding hydrogens is 214 g/mol. The van der Waals surface area contributed by atoms with Gasteiger partial charge in [0.15, 0.2) is 0 Å².